The highest BCUT2D eigenvalue weighted by molar-refractivity contribution is 7.11. The second-order valence-corrected chi connectivity index (χ2v) is 7.15. The van der Waals surface area contributed by atoms with Crippen LogP contribution in [0, 0.1) is 19.7 Å². The molecule has 3 aromatic rings. The Kier molecular flexibility index (Phi) is 4.94. The van der Waals surface area contributed by atoms with Gasteiger partial charge in [0.25, 0.3) is 0 Å². The molecule has 1 aromatic carbocycles. The minimum atomic E-state index is -0.442. The molecule has 2 heterocycles. The van der Waals surface area contributed by atoms with Gasteiger partial charge in [0, 0.05) is 24.3 Å². The van der Waals surface area contributed by atoms with Crippen LogP contribution < -0.4 is 5.32 Å². The molecule has 0 aliphatic carbocycles. The van der Waals surface area contributed by atoms with E-state index in [2.05, 4.69) is 15.3 Å². The molecular formula is C18H19FN4OS. The van der Waals surface area contributed by atoms with Gasteiger partial charge in [0.15, 0.2) is 0 Å². The van der Waals surface area contributed by atoms with Crippen molar-refractivity contribution in [2.24, 2.45) is 7.05 Å². The molecule has 0 radical (unpaired) electrons. The van der Waals surface area contributed by atoms with Gasteiger partial charge in [0.2, 0.25) is 5.91 Å². The second kappa shape index (κ2) is 7.14. The SMILES string of the molecule is Cc1nc(C)c(CC(=O)NC(c2ccc(F)cc2)c2nccn2C)s1. The Balaban J connectivity index is 1.85. The van der Waals surface area contributed by atoms with Gasteiger partial charge in [-0.3, -0.25) is 4.79 Å². The van der Waals surface area contributed by atoms with Crippen LogP contribution in [0.1, 0.15) is 33.0 Å². The summed E-state index contributed by atoms with van der Waals surface area (Å²) in [5.41, 5.74) is 1.66. The van der Waals surface area contributed by atoms with Crippen molar-refractivity contribution in [2.75, 3.05) is 0 Å². The molecule has 3 rings (SSSR count). The van der Waals surface area contributed by atoms with E-state index in [1.807, 2.05) is 31.7 Å². The van der Waals surface area contributed by atoms with Crippen molar-refractivity contribution in [1.82, 2.24) is 19.9 Å². The first-order valence-corrected chi connectivity index (χ1v) is 8.70. The molecule has 25 heavy (non-hydrogen) atoms. The number of halogens is 1. The van der Waals surface area contributed by atoms with Crippen LogP contribution >= 0.6 is 11.3 Å². The van der Waals surface area contributed by atoms with E-state index in [1.165, 1.54) is 23.5 Å². The molecule has 7 heteroatoms. The lowest BCUT2D eigenvalue weighted by Gasteiger charge is -2.19. The fourth-order valence-electron chi connectivity index (χ4n) is 2.70. The van der Waals surface area contributed by atoms with Gasteiger partial charge in [-0.15, -0.1) is 11.3 Å². The highest BCUT2D eigenvalue weighted by Crippen LogP contribution is 2.22. The number of thiazole rings is 1. The van der Waals surface area contributed by atoms with E-state index in [0.717, 1.165) is 21.1 Å². The van der Waals surface area contributed by atoms with Crippen molar-refractivity contribution in [3.8, 4) is 0 Å². The predicted molar refractivity (Wildman–Crippen MR) is 94.9 cm³/mol. The van der Waals surface area contributed by atoms with Gasteiger partial charge in [0.05, 0.1) is 17.1 Å². The van der Waals surface area contributed by atoms with Crippen molar-refractivity contribution in [3.63, 3.8) is 0 Å². The van der Waals surface area contributed by atoms with Gasteiger partial charge in [-0.2, -0.15) is 0 Å². The summed E-state index contributed by atoms with van der Waals surface area (Å²) in [6, 6.07) is 5.65. The molecule has 1 unspecified atom stereocenters. The van der Waals surface area contributed by atoms with E-state index >= 15 is 0 Å². The number of aryl methyl sites for hydroxylation is 3. The Hall–Kier alpha value is -2.54. The summed E-state index contributed by atoms with van der Waals surface area (Å²) >= 11 is 1.53. The van der Waals surface area contributed by atoms with Gasteiger partial charge in [-0.25, -0.2) is 14.4 Å². The summed E-state index contributed by atoms with van der Waals surface area (Å²) in [6.45, 7) is 3.83. The number of carbonyl (C=O) groups excluding carboxylic acids is 1. The zero-order chi connectivity index (χ0) is 18.0. The van der Waals surface area contributed by atoms with Crippen molar-refractivity contribution in [2.45, 2.75) is 26.3 Å². The number of nitrogens with one attached hydrogen (secondary N) is 1. The number of imidazole rings is 1. The highest BCUT2D eigenvalue weighted by atomic mass is 32.1. The number of hydrogen-bond acceptors (Lipinski definition) is 4. The molecule has 0 aliphatic heterocycles. The lowest BCUT2D eigenvalue weighted by Crippen LogP contribution is -2.32. The van der Waals surface area contributed by atoms with Crippen molar-refractivity contribution < 1.29 is 9.18 Å². The van der Waals surface area contributed by atoms with E-state index in [0.29, 0.717) is 5.82 Å². The summed E-state index contributed by atoms with van der Waals surface area (Å²) in [7, 11) is 1.86. The van der Waals surface area contributed by atoms with E-state index in [4.69, 9.17) is 0 Å². The molecule has 0 saturated heterocycles. The van der Waals surface area contributed by atoms with Crippen LogP contribution in [0.25, 0.3) is 0 Å². The first-order chi connectivity index (χ1) is 11.9. The minimum Gasteiger partial charge on any atom is -0.342 e. The Bertz CT molecular complexity index is 885. The average molecular weight is 358 g/mol. The van der Waals surface area contributed by atoms with Gasteiger partial charge in [-0.05, 0) is 31.5 Å². The Morgan fingerprint density at radius 1 is 1.32 bits per heavy atom. The summed E-state index contributed by atoms with van der Waals surface area (Å²) in [5.74, 6) is 0.255. The zero-order valence-electron chi connectivity index (χ0n) is 14.3. The molecule has 0 aliphatic rings. The first-order valence-electron chi connectivity index (χ1n) is 7.89. The molecule has 0 bridgehead atoms. The quantitative estimate of drug-likeness (QED) is 0.762. The fraction of sp³-hybridized carbons (Fsp3) is 0.278. The molecule has 1 atom stereocenters. The number of hydrogen-bond donors (Lipinski definition) is 1. The van der Waals surface area contributed by atoms with E-state index < -0.39 is 6.04 Å². The predicted octanol–water partition coefficient (Wildman–Crippen LogP) is 3.08. The number of amides is 1. The molecule has 0 fully saturated rings. The van der Waals surface area contributed by atoms with Gasteiger partial charge in [0.1, 0.15) is 17.7 Å². The maximum atomic E-state index is 13.3. The molecular weight excluding hydrogens is 339 g/mol. The third-order valence-corrected chi connectivity index (χ3v) is 5.02. The summed E-state index contributed by atoms with van der Waals surface area (Å²) in [6.07, 6.45) is 3.75. The Labute approximate surface area is 149 Å². The van der Waals surface area contributed by atoms with Crippen LogP contribution in [-0.2, 0) is 18.3 Å². The zero-order valence-corrected chi connectivity index (χ0v) is 15.1. The molecule has 1 amide bonds. The first kappa shape index (κ1) is 17.3. The van der Waals surface area contributed by atoms with Crippen LogP contribution in [0.2, 0.25) is 0 Å². The molecule has 5 nitrogen and oxygen atoms in total. The third-order valence-electron chi connectivity index (χ3n) is 3.95. The summed E-state index contributed by atoms with van der Waals surface area (Å²) in [5, 5.41) is 3.96. The van der Waals surface area contributed by atoms with Crippen LogP contribution in [-0.4, -0.2) is 20.4 Å². The topological polar surface area (TPSA) is 59.8 Å². The Morgan fingerprint density at radius 2 is 2.04 bits per heavy atom. The van der Waals surface area contributed by atoms with Crippen LogP contribution in [0.15, 0.2) is 36.7 Å². The maximum absolute atomic E-state index is 13.3. The van der Waals surface area contributed by atoms with Crippen molar-refractivity contribution in [1.29, 1.82) is 0 Å². The van der Waals surface area contributed by atoms with Crippen LogP contribution in [0.5, 0.6) is 0 Å². The number of carbonyl (C=O) groups is 1. The molecule has 130 valence electrons. The van der Waals surface area contributed by atoms with Crippen LogP contribution in [0.3, 0.4) is 0 Å². The standard InChI is InChI=1S/C18H19FN4OS/c1-11-15(25-12(2)21-11)10-16(24)22-17(18-20-8-9-23(18)3)13-4-6-14(19)7-5-13/h4-9,17H,10H2,1-3H3,(H,22,24). The fourth-order valence-corrected chi connectivity index (χ4v) is 3.64. The normalized spacial score (nSPS) is 12.2. The lowest BCUT2D eigenvalue weighted by molar-refractivity contribution is -0.121. The summed E-state index contributed by atoms with van der Waals surface area (Å²) < 4.78 is 15.1. The lowest BCUT2D eigenvalue weighted by atomic mass is 10.1. The van der Waals surface area contributed by atoms with Crippen LogP contribution in [0.4, 0.5) is 4.39 Å². The van der Waals surface area contributed by atoms with Gasteiger partial charge >= 0.3 is 0 Å². The van der Waals surface area contributed by atoms with E-state index in [1.54, 1.807) is 18.3 Å². The maximum Gasteiger partial charge on any atom is 0.226 e. The number of aromatic nitrogens is 3. The second-order valence-electron chi connectivity index (χ2n) is 5.87. The molecule has 1 N–H and O–H groups in total. The van der Waals surface area contributed by atoms with E-state index in [9.17, 15) is 9.18 Å². The largest absolute Gasteiger partial charge is 0.342 e. The molecule has 0 saturated carbocycles. The van der Waals surface area contributed by atoms with Gasteiger partial charge < -0.3 is 9.88 Å². The monoisotopic (exact) mass is 358 g/mol. The minimum absolute atomic E-state index is 0.121. The van der Waals surface area contributed by atoms with Crippen molar-refractivity contribution in [3.05, 3.63) is 69.4 Å². The highest BCUT2D eigenvalue weighted by Gasteiger charge is 2.21. The number of benzene rings is 1. The Morgan fingerprint density at radius 3 is 2.60 bits per heavy atom. The van der Waals surface area contributed by atoms with Crippen molar-refractivity contribution >= 4 is 17.2 Å². The molecule has 0 spiro atoms. The van der Waals surface area contributed by atoms with E-state index in [-0.39, 0.29) is 18.1 Å². The average Bonchev–Trinajstić information content (AvgIpc) is 3.11. The smallest absolute Gasteiger partial charge is 0.226 e. The number of rotatable bonds is 5. The third kappa shape index (κ3) is 3.93. The van der Waals surface area contributed by atoms with Gasteiger partial charge in [-0.1, -0.05) is 12.1 Å². The number of nitrogens with zero attached hydrogens (tertiary/aromatic N) is 3. The summed E-state index contributed by atoms with van der Waals surface area (Å²) in [4.78, 5) is 22.2. The molecule has 2 aromatic heterocycles.